The summed E-state index contributed by atoms with van der Waals surface area (Å²) in [5.74, 6) is 0. The summed E-state index contributed by atoms with van der Waals surface area (Å²) in [6.45, 7) is 0. The molecule has 0 spiro atoms. The van der Waals surface area contributed by atoms with E-state index < -0.39 is 15.6 Å². The van der Waals surface area contributed by atoms with Crippen LogP contribution in [0.5, 0.6) is 0 Å². The summed E-state index contributed by atoms with van der Waals surface area (Å²) in [4.78, 5) is 47.2. The van der Waals surface area contributed by atoms with Crippen LogP contribution in [0, 0.1) is 0 Å². The first-order valence-electron chi connectivity index (χ1n) is 1.51. The number of hydrogen-bond acceptors (Lipinski definition) is 5. The van der Waals surface area contributed by atoms with Gasteiger partial charge in [0.1, 0.15) is 0 Å². The van der Waals surface area contributed by atoms with Gasteiger partial charge in [-0.3, -0.25) is 4.57 Å². The van der Waals surface area contributed by atoms with Crippen molar-refractivity contribution in [1.82, 2.24) is 0 Å². The summed E-state index contributed by atoms with van der Waals surface area (Å²) in [6.07, 6.45) is 0. The van der Waals surface area contributed by atoms with E-state index in [1.807, 2.05) is 0 Å². The third-order valence-electron chi connectivity index (χ3n) is 0. The molecule has 0 aliphatic heterocycles. The van der Waals surface area contributed by atoms with E-state index in [2.05, 4.69) is 0 Å². The second-order valence-corrected chi connectivity index (χ2v) is 2.88. The van der Waals surface area contributed by atoms with Crippen LogP contribution >= 0.6 is 15.6 Å². The molecule has 0 radical (unpaired) electrons. The summed E-state index contributed by atoms with van der Waals surface area (Å²) in [6, 6.07) is 0. The van der Waals surface area contributed by atoms with Gasteiger partial charge >= 0.3 is 88.7 Å². The fourth-order valence-electron chi connectivity index (χ4n) is 0. The Balaban J connectivity index is -0.0000000128. The Labute approximate surface area is 151 Å². The molecule has 15 heteroatoms. The molecule has 0 aromatic carbocycles. The van der Waals surface area contributed by atoms with Crippen molar-refractivity contribution < 1.29 is 138 Å². The van der Waals surface area contributed by atoms with Crippen molar-refractivity contribution in [2.75, 3.05) is 0 Å². The van der Waals surface area contributed by atoms with Crippen LogP contribution < -0.4 is 103 Å². The average molecular weight is 298 g/mol. The number of rotatable bonds is 0. The molecular weight excluding hydrogens is 291 g/mol. The first-order chi connectivity index (χ1) is 4.00. The topological polar surface area (TPSA) is 227 Å². The van der Waals surface area contributed by atoms with Gasteiger partial charge in [-0.25, -0.2) is 0 Å². The van der Waals surface area contributed by atoms with Gasteiger partial charge in [0.2, 0.25) is 0 Å². The van der Waals surface area contributed by atoms with Crippen LogP contribution in [0.2, 0.25) is 0 Å². The number of phosphoric acid groups is 2. The van der Waals surface area contributed by atoms with Gasteiger partial charge in [0.25, 0.3) is 7.82 Å². The van der Waals surface area contributed by atoms with Crippen molar-refractivity contribution in [3.05, 3.63) is 0 Å². The second kappa shape index (κ2) is 19.5. The van der Waals surface area contributed by atoms with Gasteiger partial charge in [0.05, 0.1) is 7.82 Å². The minimum absolute atomic E-state index is 0. The molecule has 10 nitrogen and oxygen atoms in total. The van der Waals surface area contributed by atoms with Crippen LogP contribution in [0.1, 0.15) is 0 Å². The van der Waals surface area contributed by atoms with Gasteiger partial charge in [-0.1, -0.05) is 0 Å². The van der Waals surface area contributed by atoms with Gasteiger partial charge in [-0.05, 0) is 0 Å². The fourth-order valence-corrected chi connectivity index (χ4v) is 0. The van der Waals surface area contributed by atoms with Crippen LogP contribution in [0.25, 0.3) is 0 Å². The summed E-state index contributed by atoms with van der Waals surface area (Å²) >= 11 is 0. The zero-order valence-corrected chi connectivity index (χ0v) is 16.1. The van der Waals surface area contributed by atoms with E-state index in [0.717, 1.165) is 0 Å². The second-order valence-electron chi connectivity index (χ2n) is 0.959. The maximum atomic E-state index is 8.77. The monoisotopic (exact) mass is 298 g/mol. The molecule has 0 heterocycles. The summed E-state index contributed by atoms with van der Waals surface area (Å²) < 4.78 is 17.4. The summed E-state index contributed by atoms with van der Waals surface area (Å²) in [5, 5.41) is 0. The molecule has 0 aromatic rings. The maximum absolute atomic E-state index is 8.77. The number of hydrogen-bond donors (Lipinski definition) is 3. The van der Waals surface area contributed by atoms with Gasteiger partial charge in [0, 0.05) is 0 Å². The van der Waals surface area contributed by atoms with Crippen molar-refractivity contribution in [2.24, 2.45) is 0 Å². The van der Waals surface area contributed by atoms with Crippen molar-refractivity contribution in [2.45, 2.75) is 0 Å². The molecule has 80 valence electrons. The van der Waals surface area contributed by atoms with Crippen LogP contribution in [-0.4, -0.2) is 25.6 Å². The van der Waals surface area contributed by atoms with Crippen LogP contribution in [0.4, 0.5) is 0 Å². The SMILES string of the molecule is O.O.O=P([O-])(O)O.O=P([O-])([O-])O.[Na+].[Na+].[Na+]. The normalized spacial score (nSPS) is 7.87. The largest absolute Gasteiger partial charge is 1.00 e. The molecule has 0 fully saturated rings. The van der Waals surface area contributed by atoms with E-state index >= 15 is 0 Å². The molecule has 0 saturated carbocycles. The van der Waals surface area contributed by atoms with E-state index in [1.54, 1.807) is 0 Å². The summed E-state index contributed by atoms with van der Waals surface area (Å²) in [7, 11) is -10.0. The van der Waals surface area contributed by atoms with Gasteiger partial charge in [-0.2, -0.15) is 0 Å². The molecular formula is H7Na3O10P2. The molecule has 0 saturated heterocycles. The van der Waals surface area contributed by atoms with E-state index in [9.17, 15) is 0 Å². The third-order valence-corrected chi connectivity index (χ3v) is 0. The summed E-state index contributed by atoms with van der Waals surface area (Å²) in [5.41, 5.74) is 0. The van der Waals surface area contributed by atoms with Crippen LogP contribution in [0.15, 0.2) is 0 Å². The van der Waals surface area contributed by atoms with Crippen molar-refractivity contribution in [1.29, 1.82) is 0 Å². The predicted octanol–water partition coefficient (Wildman–Crippen LogP) is -14.4. The molecule has 15 heavy (non-hydrogen) atoms. The molecule has 7 N–H and O–H groups in total. The van der Waals surface area contributed by atoms with Crippen LogP contribution in [0.3, 0.4) is 0 Å². The molecule has 0 amide bonds. The van der Waals surface area contributed by atoms with Crippen molar-refractivity contribution in [3.63, 3.8) is 0 Å². The predicted molar refractivity (Wildman–Crippen MR) is 29.1 cm³/mol. The van der Waals surface area contributed by atoms with Crippen molar-refractivity contribution in [3.8, 4) is 0 Å². The molecule has 0 aliphatic rings. The first kappa shape index (κ1) is 42.9. The van der Waals surface area contributed by atoms with Gasteiger partial charge in [0.15, 0.2) is 0 Å². The third kappa shape index (κ3) is 398. The minimum Gasteiger partial charge on any atom is -0.790 e. The van der Waals surface area contributed by atoms with Gasteiger partial charge in [-0.15, -0.1) is 0 Å². The van der Waals surface area contributed by atoms with Crippen LogP contribution in [-0.2, 0) is 9.13 Å². The Morgan fingerprint density at radius 2 is 0.733 bits per heavy atom. The molecule has 0 aliphatic carbocycles. The van der Waals surface area contributed by atoms with E-state index in [-0.39, 0.29) is 99.6 Å². The fraction of sp³-hybridized carbons (Fsp3) is 0. The molecule has 0 aromatic heterocycles. The zero-order chi connectivity index (χ0) is 9.00. The van der Waals surface area contributed by atoms with E-state index in [4.69, 9.17) is 38.5 Å². The molecule has 0 atom stereocenters. The molecule has 0 unspecified atom stereocenters. The van der Waals surface area contributed by atoms with Gasteiger partial charge < -0.3 is 44.9 Å². The average Bonchev–Trinajstić information content (AvgIpc) is 1.12. The maximum Gasteiger partial charge on any atom is 1.00 e. The molecule has 0 bridgehead atoms. The van der Waals surface area contributed by atoms with E-state index in [0.29, 0.717) is 0 Å². The minimum atomic E-state index is -5.14. The Morgan fingerprint density at radius 3 is 0.733 bits per heavy atom. The standard InChI is InChI=1S/3Na.2H3O4P.2H2O/c;;;2*1-5(2,3)4;;/h;;;2*(H3,1,2,3,4);2*1H2/q3*+1;;;;/p-3. The smallest absolute Gasteiger partial charge is 0.790 e. The Morgan fingerprint density at radius 1 is 0.733 bits per heavy atom. The quantitative estimate of drug-likeness (QED) is 0.286. The zero-order valence-electron chi connectivity index (χ0n) is 8.28. The van der Waals surface area contributed by atoms with Crippen molar-refractivity contribution >= 4 is 15.6 Å². The molecule has 0 rings (SSSR count). The first-order valence-corrected chi connectivity index (χ1v) is 4.54. The Hall–Kier alpha value is 3.14. The Bertz CT molecular complexity index is 131. The van der Waals surface area contributed by atoms with E-state index in [1.165, 1.54) is 0 Å². The Kier molecular flexibility index (Phi) is 55.8.